The first kappa shape index (κ1) is 81.3. The molecule has 0 spiro atoms. The second-order valence-electron chi connectivity index (χ2n) is 33.8. The lowest BCUT2D eigenvalue weighted by atomic mass is 9.84. The van der Waals surface area contributed by atoms with E-state index >= 15 is 0 Å². The number of rotatable bonds is 27. The van der Waals surface area contributed by atoms with Crippen LogP contribution in [0, 0.1) is 16.7 Å². The topological polar surface area (TPSA) is 42.7 Å². The van der Waals surface area contributed by atoms with Crippen LogP contribution in [0.3, 0.4) is 0 Å². The van der Waals surface area contributed by atoms with E-state index in [0.29, 0.717) is 23.2 Å². The molecule has 0 fully saturated rings. The number of nitrogens with zero attached hydrogens (tertiary/aromatic N) is 3. The first-order chi connectivity index (χ1) is 57.8. The predicted molar refractivity (Wildman–Crippen MR) is 518 cm³/mol. The van der Waals surface area contributed by atoms with Gasteiger partial charge in [-0.25, -0.2) is 9.97 Å². The summed E-state index contributed by atoms with van der Waals surface area (Å²) in [4.78, 5) is 12.0. The van der Waals surface area contributed by atoms with Gasteiger partial charge < -0.3 is 5.32 Å². The van der Waals surface area contributed by atoms with Crippen LogP contribution in [0.25, 0.3) is 89.1 Å². The Morgan fingerprint density at radius 3 is 1.34 bits per heavy atom. The number of hydrogen-bond donors (Lipinski definition) is 1. The summed E-state index contributed by atoms with van der Waals surface area (Å²) >= 11 is 0. The van der Waals surface area contributed by atoms with Gasteiger partial charge in [-0.15, -0.1) is 6.58 Å². The monoisotopic (exact) mass is 1580 g/mol. The van der Waals surface area contributed by atoms with E-state index in [-0.39, 0.29) is 28.2 Å². The summed E-state index contributed by atoms with van der Waals surface area (Å²) in [5, 5.41) is 14.7. The number of anilines is 1. The van der Waals surface area contributed by atoms with Gasteiger partial charge in [0.15, 0.2) is 22.0 Å². The molecular weight excluding hydrogens is 1470 g/mol. The lowest BCUT2D eigenvalue weighted by Gasteiger charge is -2.45. The van der Waals surface area contributed by atoms with Crippen molar-refractivity contribution in [2.45, 2.75) is 93.5 Å². The molecular formula is C113H108N4Si2. The summed E-state index contributed by atoms with van der Waals surface area (Å²) in [5.74, 6) is 1.97. The molecule has 0 saturated heterocycles. The highest BCUT2D eigenvalue weighted by molar-refractivity contribution is 7.20. The Kier molecular flexibility index (Phi) is 24.3. The van der Waals surface area contributed by atoms with Gasteiger partial charge in [0.25, 0.3) is 0 Å². The highest BCUT2D eigenvalue weighted by Gasteiger charge is 2.51. The summed E-state index contributed by atoms with van der Waals surface area (Å²) in [6.07, 6.45) is 17.4. The number of benzene rings is 13. The van der Waals surface area contributed by atoms with E-state index in [1.807, 2.05) is 0 Å². The number of nitrogens with one attached hydrogen (secondary N) is 1. The van der Waals surface area contributed by atoms with Crippen LogP contribution in [-0.2, 0) is 0 Å². The van der Waals surface area contributed by atoms with Crippen molar-refractivity contribution in [1.29, 1.82) is 0 Å². The zero-order valence-electron chi connectivity index (χ0n) is 70.6. The lowest BCUT2D eigenvalue weighted by Crippen LogP contribution is -2.77. The summed E-state index contributed by atoms with van der Waals surface area (Å²) in [6.45, 7) is 38.0. The maximum atomic E-state index is 6.10. The van der Waals surface area contributed by atoms with Crippen molar-refractivity contribution in [1.82, 2.24) is 14.5 Å². The minimum atomic E-state index is -3.82. The summed E-state index contributed by atoms with van der Waals surface area (Å²) < 4.78 is 2.33. The number of aromatic nitrogens is 3. The van der Waals surface area contributed by atoms with Crippen molar-refractivity contribution < 1.29 is 0 Å². The van der Waals surface area contributed by atoms with Crippen LogP contribution in [0.15, 0.2) is 425 Å². The first-order valence-corrected chi connectivity index (χ1v) is 46.2. The third kappa shape index (κ3) is 16.8. The molecule has 588 valence electrons. The molecule has 0 radical (unpaired) electrons. The van der Waals surface area contributed by atoms with Crippen molar-refractivity contribution in [2.75, 3.05) is 5.32 Å². The van der Waals surface area contributed by atoms with Crippen molar-refractivity contribution >= 4 is 85.7 Å². The van der Waals surface area contributed by atoms with E-state index in [1.165, 1.54) is 47.4 Å². The number of allylic oxidation sites excluding steroid dienone is 10. The zero-order valence-corrected chi connectivity index (χ0v) is 72.6. The van der Waals surface area contributed by atoms with E-state index in [4.69, 9.17) is 29.7 Å². The number of para-hydroxylation sites is 2. The van der Waals surface area contributed by atoms with Crippen molar-refractivity contribution in [3.63, 3.8) is 0 Å². The van der Waals surface area contributed by atoms with Gasteiger partial charge in [0, 0.05) is 28.1 Å². The van der Waals surface area contributed by atoms with Crippen LogP contribution >= 0.6 is 0 Å². The Balaban J connectivity index is 1.10. The molecule has 119 heavy (non-hydrogen) atoms. The molecule has 6 heteroatoms. The molecule has 0 aliphatic heterocycles. The van der Waals surface area contributed by atoms with E-state index < -0.39 is 16.1 Å². The van der Waals surface area contributed by atoms with Crippen LogP contribution in [0.2, 0.25) is 5.54 Å². The van der Waals surface area contributed by atoms with Gasteiger partial charge in [-0.05, 0) is 174 Å². The van der Waals surface area contributed by atoms with Gasteiger partial charge >= 0.3 is 0 Å². The van der Waals surface area contributed by atoms with Crippen LogP contribution < -0.4 is 41.6 Å². The second-order valence-corrected chi connectivity index (χ2v) is 41.6. The molecule has 0 bridgehead atoms. The minimum absolute atomic E-state index is 0.00160. The molecule has 1 N–H and O–H groups in total. The Morgan fingerprint density at radius 1 is 0.420 bits per heavy atom. The second kappa shape index (κ2) is 35.5. The van der Waals surface area contributed by atoms with Crippen molar-refractivity contribution in [3.05, 3.63) is 436 Å². The molecule has 0 aliphatic carbocycles. The average molecular weight is 1580 g/mol. The first-order valence-electron chi connectivity index (χ1n) is 42.2. The van der Waals surface area contributed by atoms with Crippen LogP contribution in [-0.4, -0.2) is 30.7 Å². The normalized spacial score (nSPS) is 13.6. The largest absolute Gasteiger partial charge is 0.341 e. The molecule has 15 rings (SSSR count). The Morgan fingerprint density at radius 2 is 0.857 bits per heavy atom. The van der Waals surface area contributed by atoms with Crippen molar-refractivity contribution in [3.8, 4) is 61.7 Å². The predicted octanol–water partition coefficient (Wildman–Crippen LogP) is 25.6. The van der Waals surface area contributed by atoms with Gasteiger partial charge in [0.2, 0.25) is 0 Å². The molecule has 4 nitrogen and oxygen atoms in total. The SMILES string of the molecule is C=CC([C@H](C)[C@@H](C)c1ccccc1)[Si](c1ccc(-c2ccccc2)cc1)(c1ccc(-c2ccccc2)cc1)c1cc(-c2nc(NC(=C)/C=C\C(=CC=C/C(=C\CC)C(C)(C)C)C(C)(C)C)cc(-n3c4ccccc4c4ccccc43)n2)cc([Si](c2ccccc2)(c2ccc(-c3ccccc3)cc2)c2ccc(-c3ccccc3)cc2C(=C)CC)c1. The molecule has 13 aromatic carbocycles. The maximum absolute atomic E-state index is 6.10. The minimum Gasteiger partial charge on any atom is -0.341 e. The molecule has 0 saturated carbocycles. The third-order valence-corrected chi connectivity index (χ3v) is 34.6. The zero-order chi connectivity index (χ0) is 82.8. The third-order valence-electron chi connectivity index (χ3n) is 24.4. The highest BCUT2D eigenvalue weighted by atomic mass is 28.3. The Labute approximate surface area is 708 Å². The standard InChI is InChI=1S/C113H108N4Si2/c1-14-40-94(112(8,9)10)51-39-52-95(113(11,12)13)67-59-81(5)114-109-79-110(117-105-57-37-35-55-102(105)103-56-36-38-58-106(103)117)116-111(115-109)93-75-100(118(97-68-60-89(61-69-97)85-43-25-18-26-44-85,98-70-62-90(63-71-98)86-45-27-19-28-46-86)107(16-3)83(7)82(6)84-41-23-17-24-42-84)78-101(76-93)119(96-53-33-22-34-54-96,99-72-64-91(65-73-99)87-47-29-20-30-48-87)108-74-66-92(77-104(108)80(4)15-2)88-49-31-21-32-50-88/h16-79,82-83,107H,3-5,14-15H2,1-2,6-13H3,(H,114,115,116)/b51-39?,67-59-,94-40+,95-52?/t82-,83-,107?,119?/m1/s1. The van der Waals surface area contributed by atoms with Gasteiger partial charge in [-0.2, -0.15) is 0 Å². The van der Waals surface area contributed by atoms with Crippen LogP contribution in [0.5, 0.6) is 0 Å². The van der Waals surface area contributed by atoms with Gasteiger partial charge in [-0.1, -0.05) is 440 Å². The fourth-order valence-electron chi connectivity index (χ4n) is 17.9. The molecule has 4 atom stereocenters. The Hall–Kier alpha value is -12.8. The van der Waals surface area contributed by atoms with E-state index in [2.05, 4.69) is 467 Å². The lowest BCUT2D eigenvalue weighted by molar-refractivity contribution is 0.488. The average Bonchev–Trinajstić information content (AvgIpc) is 1.32. The maximum Gasteiger partial charge on any atom is 0.180 e. The molecule has 0 aliphatic rings. The van der Waals surface area contributed by atoms with Gasteiger partial charge in [0.1, 0.15) is 11.6 Å². The summed E-state index contributed by atoms with van der Waals surface area (Å²) in [6, 6.07) is 129. The quantitative estimate of drug-likeness (QED) is 0.0241. The Bertz CT molecular complexity index is 6090. The van der Waals surface area contributed by atoms with E-state index in [9.17, 15) is 0 Å². The molecule has 2 aromatic heterocycles. The van der Waals surface area contributed by atoms with E-state index in [1.54, 1.807) is 0 Å². The van der Waals surface area contributed by atoms with E-state index in [0.717, 1.165) is 101 Å². The van der Waals surface area contributed by atoms with Crippen molar-refractivity contribution in [2.24, 2.45) is 16.7 Å². The highest BCUT2D eigenvalue weighted by Crippen LogP contribution is 2.43. The number of hydrogen-bond acceptors (Lipinski definition) is 3. The van der Waals surface area contributed by atoms with Gasteiger partial charge in [-0.3, -0.25) is 4.57 Å². The fraction of sp³-hybridized carbons (Fsp3) is 0.150. The molecule has 2 unspecified atom stereocenters. The smallest absolute Gasteiger partial charge is 0.180 e. The fourth-order valence-corrected chi connectivity index (χ4v) is 28.8. The molecule has 0 amide bonds. The summed E-state index contributed by atoms with van der Waals surface area (Å²) in [7, 11) is -7.58. The number of fused-ring (bicyclic) bond motifs is 3. The molecule has 2 heterocycles. The summed E-state index contributed by atoms with van der Waals surface area (Å²) in [5.41, 5.74) is 18.4. The molecule has 15 aromatic rings. The van der Waals surface area contributed by atoms with Crippen LogP contribution in [0.4, 0.5) is 5.82 Å². The van der Waals surface area contributed by atoms with Gasteiger partial charge in [0.05, 0.1) is 11.0 Å². The van der Waals surface area contributed by atoms with Crippen LogP contribution in [0.1, 0.15) is 99.1 Å².